The molecule has 0 aliphatic heterocycles. The lowest BCUT2D eigenvalue weighted by Gasteiger charge is -2.22. The van der Waals surface area contributed by atoms with Crippen molar-refractivity contribution in [2.45, 2.75) is 38.5 Å². The Morgan fingerprint density at radius 3 is 1.01 bits per heavy atom. The van der Waals surface area contributed by atoms with Crippen LogP contribution >= 0.6 is 0 Å². The van der Waals surface area contributed by atoms with E-state index in [1.807, 2.05) is 12.1 Å². The van der Waals surface area contributed by atoms with Crippen LogP contribution in [0.15, 0.2) is 381 Å². The maximum atomic E-state index is 6.23. The molecule has 520 valence electrons. The van der Waals surface area contributed by atoms with Gasteiger partial charge in [-0.2, -0.15) is 0 Å². The Morgan fingerprint density at radius 2 is 0.505 bits per heavy atom. The average Bonchev–Trinajstić information content (AvgIpc) is 1.67. The fourth-order valence-electron chi connectivity index (χ4n) is 19.6. The second-order valence-electron chi connectivity index (χ2n) is 31.6. The second kappa shape index (κ2) is 24.9. The molecular formula is C110H74O. The van der Waals surface area contributed by atoms with E-state index in [0.717, 1.165) is 21.9 Å². The summed E-state index contributed by atoms with van der Waals surface area (Å²) in [6, 6.07) is 140. The van der Waals surface area contributed by atoms with E-state index in [9.17, 15) is 0 Å². The van der Waals surface area contributed by atoms with Crippen molar-refractivity contribution in [3.05, 3.63) is 398 Å². The molecule has 0 unspecified atom stereocenters. The van der Waals surface area contributed by atoms with Crippen molar-refractivity contribution in [3.8, 4) is 100 Å². The smallest absolute Gasteiger partial charge is 0.135 e. The maximum Gasteiger partial charge on any atom is 0.135 e. The van der Waals surface area contributed by atoms with Gasteiger partial charge in [0, 0.05) is 21.6 Å². The van der Waals surface area contributed by atoms with E-state index in [0.29, 0.717) is 0 Å². The van der Waals surface area contributed by atoms with Crippen LogP contribution in [0.4, 0.5) is 0 Å². The lowest BCUT2D eigenvalue weighted by molar-refractivity contribution is 0.661. The van der Waals surface area contributed by atoms with Crippen LogP contribution in [0, 0.1) is 0 Å². The van der Waals surface area contributed by atoms with Crippen LogP contribution in [0.3, 0.4) is 0 Å². The van der Waals surface area contributed by atoms with Crippen molar-refractivity contribution in [2.24, 2.45) is 0 Å². The minimum absolute atomic E-state index is 0.0829. The second-order valence-corrected chi connectivity index (χ2v) is 31.6. The molecule has 2 aliphatic carbocycles. The molecule has 0 N–H and O–H groups in total. The Kier molecular flexibility index (Phi) is 14.5. The van der Waals surface area contributed by atoms with Crippen LogP contribution in [-0.2, 0) is 10.8 Å². The third-order valence-electron chi connectivity index (χ3n) is 24.8. The Balaban J connectivity index is 0.000000137. The topological polar surface area (TPSA) is 13.1 Å². The summed E-state index contributed by atoms with van der Waals surface area (Å²) in [7, 11) is 0. The molecular weight excluding hydrogens is 1340 g/mol. The van der Waals surface area contributed by atoms with E-state index >= 15 is 0 Å². The monoisotopic (exact) mass is 1410 g/mol. The molecule has 0 radical (unpaired) electrons. The number of fused-ring (bicyclic) bond motifs is 18. The van der Waals surface area contributed by atoms with Crippen LogP contribution in [0.2, 0.25) is 0 Å². The van der Waals surface area contributed by atoms with Gasteiger partial charge in [-0.05, 0) is 269 Å². The van der Waals surface area contributed by atoms with Crippen LogP contribution in [-0.4, -0.2) is 0 Å². The molecule has 0 spiro atoms. The number of benzene rings is 20. The van der Waals surface area contributed by atoms with Crippen molar-refractivity contribution in [2.75, 3.05) is 0 Å². The van der Waals surface area contributed by atoms with Gasteiger partial charge in [0.1, 0.15) is 11.2 Å². The SMILES string of the molecule is CC1(C)c2cc3ccccc3cc2-c2c(-c3cccc(-c4c5ccccc5c(-c5ccc6c(ccc7ccccc76)c5)c5ccccc45)c3)cccc21.CC1(C)c2cc3ccccc3cc2-c2c(-c3cccc(-c4c5ccccc5c(-c5ccccc5-c5ccc6oc7ccccc7c6c5)c5ccccc45)c3)cccc21. The number of furan rings is 1. The summed E-state index contributed by atoms with van der Waals surface area (Å²) in [5.74, 6) is 0. The van der Waals surface area contributed by atoms with Crippen LogP contribution in [0.1, 0.15) is 49.9 Å². The van der Waals surface area contributed by atoms with E-state index in [-0.39, 0.29) is 10.8 Å². The molecule has 2 aliphatic rings. The standard InChI is InChI=1S/C57H38O.C53H36/c1-57(2)50-27-14-26-41(56(50)49-32-35-15-3-4-16-36(35)34-51(49)57)37-17-13-18-39(31-37)54-44-22-7-9-24-46(44)55(47-25-10-8-23-45(47)54)43-21-6-5-19-40(43)38-29-30-53-48(33-38)42-20-11-12-28-52(42)58-53;1-53(2)48-24-12-23-42(52(48)47-31-34-14-3-4-15-35(34)32-49(47)53)36-16-11-17-38(29-36)50-43-19-7-9-21-45(43)51(46-22-10-8-20-44(46)50)39-27-28-41-37(30-39)26-25-33-13-5-6-18-40(33)41/h3-34H,1-2H3;3-32H,1-2H3. The molecule has 0 fully saturated rings. The molecule has 0 bridgehead atoms. The van der Waals surface area contributed by atoms with Crippen molar-refractivity contribution in [3.63, 3.8) is 0 Å². The molecule has 1 nitrogen and oxygen atoms in total. The summed E-state index contributed by atoms with van der Waals surface area (Å²) < 4.78 is 6.23. The number of para-hydroxylation sites is 1. The van der Waals surface area contributed by atoms with E-state index < -0.39 is 0 Å². The number of rotatable bonds is 7. The first-order valence-electron chi connectivity index (χ1n) is 38.9. The highest BCUT2D eigenvalue weighted by Crippen LogP contribution is 2.57. The Morgan fingerprint density at radius 1 is 0.162 bits per heavy atom. The molecule has 1 aromatic heterocycles. The fourth-order valence-corrected chi connectivity index (χ4v) is 19.6. The quantitative estimate of drug-likeness (QED) is 0.114. The van der Waals surface area contributed by atoms with Crippen LogP contribution < -0.4 is 0 Å². The lowest BCUT2D eigenvalue weighted by Crippen LogP contribution is -2.14. The number of hydrogen-bond acceptors (Lipinski definition) is 1. The first-order valence-corrected chi connectivity index (χ1v) is 38.9. The summed E-state index contributed by atoms with van der Waals surface area (Å²) in [5, 5.41) is 22.6. The van der Waals surface area contributed by atoms with Crippen molar-refractivity contribution >= 4 is 108 Å². The highest BCUT2D eigenvalue weighted by molar-refractivity contribution is 6.25. The first kappa shape index (κ1) is 64.5. The third kappa shape index (κ3) is 10.0. The first-order chi connectivity index (χ1) is 54.6. The fraction of sp³-hybridized carbons (Fsp3) is 0.0545. The van der Waals surface area contributed by atoms with Gasteiger partial charge in [-0.15, -0.1) is 0 Å². The molecule has 1 heteroatoms. The summed E-state index contributed by atoms with van der Waals surface area (Å²) in [5.41, 5.74) is 30.1. The van der Waals surface area contributed by atoms with Gasteiger partial charge in [0.25, 0.3) is 0 Å². The predicted octanol–water partition coefficient (Wildman–Crippen LogP) is 30.8. The predicted molar refractivity (Wildman–Crippen MR) is 473 cm³/mol. The van der Waals surface area contributed by atoms with Gasteiger partial charge < -0.3 is 4.42 Å². The highest BCUT2D eigenvalue weighted by atomic mass is 16.3. The largest absolute Gasteiger partial charge is 0.456 e. The molecule has 0 saturated carbocycles. The van der Waals surface area contributed by atoms with Gasteiger partial charge in [-0.1, -0.05) is 343 Å². The molecule has 0 amide bonds. The third-order valence-corrected chi connectivity index (χ3v) is 24.8. The average molecular weight is 1410 g/mol. The van der Waals surface area contributed by atoms with Crippen molar-refractivity contribution < 1.29 is 4.42 Å². The lowest BCUT2D eigenvalue weighted by atomic mass is 9.81. The van der Waals surface area contributed by atoms with Gasteiger partial charge in [0.15, 0.2) is 0 Å². The maximum absolute atomic E-state index is 6.23. The zero-order valence-corrected chi connectivity index (χ0v) is 62.2. The Labute approximate surface area is 645 Å². The van der Waals surface area contributed by atoms with Crippen LogP contribution in [0.25, 0.3) is 208 Å². The van der Waals surface area contributed by atoms with E-state index in [4.69, 9.17) is 4.42 Å². The van der Waals surface area contributed by atoms with Gasteiger partial charge in [-0.3, -0.25) is 0 Å². The molecule has 21 aromatic rings. The Hall–Kier alpha value is -13.7. The zero-order valence-electron chi connectivity index (χ0n) is 62.2. The zero-order chi connectivity index (χ0) is 73.8. The van der Waals surface area contributed by atoms with Gasteiger partial charge in [0.2, 0.25) is 0 Å². The molecule has 20 aromatic carbocycles. The van der Waals surface area contributed by atoms with Gasteiger partial charge in [0.05, 0.1) is 0 Å². The van der Waals surface area contributed by atoms with Crippen molar-refractivity contribution in [1.82, 2.24) is 0 Å². The molecule has 0 atom stereocenters. The molecule has 23 rings (SSSR count). The molecule has 1 heterocycles. The van der Waals surface area contributed by atoms with E-state index in [1.165, 1.54) is 209 Å². The van der Waals surface area contributed by atoms with Gasteiger partial charge in [-0.25, -0.2) is 0 Å². The van der Waals surface area contributed by atoms with E-state index in [1.54, 1.807) is 0 Å². The minimum Gasteiger partial charge on any atom is -0.456 e. The normalized spacial score (nSPS) is 13.2. The molecule has 111 heavy (non-hydrogen) atoms. The summed E-state index contributed by atoms with van der Waals surface area (Å²) >= 11 is 0. The molecule has 0 saturated heterocycles. The van der Waals surface area contributed by atoms with Crippen molar-refractivity contribution in [1.29, 1.82) is 0 Å². The number of hydrogen-bond donors (Lipinski definition) is 0. The Bertz CT molecular complexity index is 7410. The van der Waals surface area contributed by atoms with E-state index in [2.05, 4.69) is 392 Å². The van der Waals surface area contributed by atoms with Gasteiger partial charge >= 0.3 is 0 Å². The summed E-state index contributed by atoms with van der Waals surface area (Å²) in [4.78, 5) is 0. The summed E-state index contributed by atoms with van der Waals surface area (Å²) in [6.45, 7) is 9.51. The summed E-state index contributed by atoms with van der Waals surface area (Å²) in [6.07, 6.45) is 0. The minimum atomic E-state index is -0.0983. The highest BCUT2D eigenvalue weighted by Gasteiger charge is 2.39. The van der Waals surface area contributed by atoms with Crippen LogP contribution in [0.5, 0.6) is 0 Å².